The number of carbonyl (C=O) groups excluding carboxylic acids is 3. The van der Waals surface area contributed by atoms with Crippen molar-refractivity contribution in [3.05, 3.63) is 101 Å². The van der Waals surface area contributed by atoms with E-state index in [-0.39, 0.29) is 49.2 Å². The summed E-state index contributed by atoms with van der Waals surface area (Å²) in [6.07, 6.45) is 2.98. The zero-order chi connectivity index (χ0) is 39.5. The molecule has 2 fully saturated rings. The molecule has 4 aromatic heterocycles. The van der Waals surface area contributed by atoms with Gasteiger partial charge in [-0.3, -0.25) is 33.7 Å². The van der Waals surface area contributed by atoms with Crippen molar-refractivity contribution in [2.45, 2.75) is 50.2 Å². The number of aromatic nitrogens is 7. The van der Waals surface area contributed by atoms with Crippen LogP contribution in [0.4, 0.5) is 28.9 Å². The number of amides is 3. The molecule has 2 N–H and O–H groups in total. The van der Waals surface area contributed by atoms with Gasteiger partial charge in [0.05, 0.1) is 53.1 Å². The first-order valence-electron chi connectivity index (χ1n) is 17.7. The normalized spacial score (nSPS) is 18.7. The van der Waals surface area contributed by atoms with Crippen LogP contribution in [0.25, 0.3) is 22.4 Å². The fourth-order valence-corrected chi connectivity index (χ4v) is 7.69. The number of para-hydroxylation sites is 1. The maximum atomic E-state index is 16.0. The highest BCUT2D eigenvalue weighted by Crippen LogP contribution is 2.37. The van der Waals surface area contributed by atoms with Crippen LogP contribution in [0.3, 0.4) is 0 Å². The number of imide groups is 1. The van der Waals surface area contributed by atoms with Crippen LogP contribution in [0.1, 0.15) is 53.3 Å². The molecule has 2 atom stereocenters. The zero-order valence-corrected chi connectivity index (χ0v) is 30.1. The van der Waals surface area contributed by atoms with Crippen molar-refractivity contribution in [3.8, 4) is 5.69 Å². The summed E-state index contributed by atoms with van der Waals surface area (Å²) in [6.45, 7) is -0.189. The number of alkyl halides is 4. The van der Waals surface area contributed by atoms with E-state index in [1.165, 1.54) is 44.0 Å². The summed E-state index contributed by atoms with van der Waals surface area (Å²) in [5.74, 6) is -4.85. The Morgan fingerprint density at radius 1 is 1.09 bits per heavy atom. The van der Waals surface area contributed by atoms with E-state index in [9.17, 15) is 28.0 Å². The van der Waals surface area contributed by atoms with Crippen molar-refractivity contribution >= 4 is 45.8 Å². The number of fused-ring (bicyclic) bond motifs is 2. The molecule has 0 bridgehead atoms. The summed E-state index contributed by atoms with van der Waals surface area (Å²) in [5.41, 5.74) is 1.41. The minimum absolute atomic E-state index is 0.0786. The van der Waals surface area contributed by atoms with Gasteiger partial charge in [0.1, 0.15) is 11.6 Å². The van der Waals surface area contributed by atoms with Gasteiger partial charge in [0.25, 0.3) is 18.3 Å². The largest absolute Gasteiger partial charge is 0.364 e. The first kappa shape index (κ1) is 36.6. The lowest BCUT2D eigenvalue weighted by atomic mass is 9.97. The Hall–Kier alpha value is -6.37. The summed E-state index contributed by atoms with van der Waals surface area (Å²) in [6, 6.07) is 11.2. The minimum atomic E-state index is -3.17. The highest BCUT2D eigenvalue weighted by Gasteiger charge is 2.47. The van der Waals surface area contributed by atoms with Crippen molar-refractivity contribution < 1.29 is 31.9 Å². The predicted octanol–water partition coefficient (Wildman–Crippen LogP) is 4.08. The summed E-state index contributed by atoms with van der Waals surface area (Å²) in [7, 11) is 3.15. The summed E-state index contributed by atoms with van der Waals surface area (Å²) < 4.78 is 65.3. The molecule has 56 heavy (non-hydrogen) atoms. The molecule has 0 spiro atoms. The standard InChI is InChI=1S/C37H35F4N11O4/c1-47(18-21-7-9-22(10-8-21)51-19-24(30(46-51)32(38)39)44-34(54)23-17-43-50-15-4-14-42-33(23)50)28-13-16-49(20-37(28,40)41)25-5-3-6-26-31(25)48(2)36(56)52(26)27-11-12-29(53)45-35(27)55/h3-10,14-15,17,19,27-28,32H,11-13,16,18,20H2,1-2H3,(H,44,54)(H,45,53,55). The van der Waals surface area contributed by atoms with Crippen molar-refractivity contribution in [1.29, 1.82) is 0 Å². The summed E-state index contributed by atoms with van der Waals surface area (Å²) in [5, 5.41) is 12.8. The van der Waals surface area contributed by atoms with Gasteiger partial charge in [0, 0.05) is 39.0 Å². The molecule has 0 aliphatic carbocycles. The Kier molecular flexibility index (Phi) is 9.18. The maximum absolute atomic E-state index is 16.0. The highest BCUT2D eigenvalue weighted by molar-refractivity contribution is 6.08. The predicted molar refractivity (Wildman–Crippen MR) is 195 cm³/mol. The van der Waals surface area contributed by atoms with Gasteiger partial charge in [0.2, 0.25) is 11.8 Å². The number of piperidine rings is 2. The molecule has 6 aromatic rings. The van der Waals surface area contributed by atoms with Gasteiger partial charge in [0.15, 0.2) is 11.3 Å². The van der Waals surface area contributed by atoms with Crippen molar-refractivity contribution in [2.24, 2.45) is 7.05 Å². The van der Waals surface area contributed by atoms with Crippen molar-refractivity contribution in [2.75, 3.05) is 30.4 Å². The molecule has 0 saturated carbocycles. The number of anilines is 2. The van der Waals surface area contributed by atoms with E-state index < -0.39 is 60.1 Å². The average Bonchev–Trinajstić information content (AvgIpc) is 3.86. The SMILES string of the molecule is CN(Cc1ccc(-n2cc(NC(=O)c3cnn4cccnc34)c(C(F)F)n2)cc1)C1CCN(c2cccc3c2n(C)c(=O)n3C2CCC(=O)NC2=O)CC1(F)F. The van der Waals surface area contributed by atoms with Crippen LogP contribution in [0, 0.1) is 0 Å². The second-order valence-corrected chi connectivity index (χ2v) is 14.0. The third-order valence-corrected chi connectivity index (χ3v) is 10.4. The van der Waals surface area contributed by atoms with E-state index in [1.807, 2.05) is 0 Å². The molecule has 2 aliphatic rings. The fourth-order valence-electron chi connectivity index (χ4n) is 7.69. The van der Waals surface area contributed by atoms with Crippen LogP contribution in [0.5, 0.6) is 0 Å². The number of benzene rings is 2. The van der Waals surface area contributed by atoms with E-state index in [0.29, 0.717) is 28.0 Å². The number of carbonyl (C=O) groups is 3. The molecule has 2 aliphatic heterocycles. The highest BCUT2D eigenvalue weighted by atomic mass is 19.3. The molecule has 0 radical (unpaired) electrons. The van der Waals surface area contributed by atoms with E-state index in [1.54, 1.807) is 71.6 Å². The lowest BCUT2D eigenvalue weighted by Crippen LogP contribution is -2.57. The molecule has 2 saturated heterocycles. The van der Waals surface area contributed by atoms with Gasteiger partial charge in [-0.2, -0.15) is 10.2 Å². The van der Waals surface area contributed by atoms with Gasteiger partial charge in [-0.05, 0) is 55.8 Å². The van der Waals surface area contributed by atoms with Crippen molar-refractivity contribution in [3.63, 3.8) is 0 Å². The van der Waals surface area contributed by atoms with Crippen LogP contribution in [0.15, 0.2) is 78.1 Å². The van der Waals surface area contributed by atoms with E-state index in [4.69, 9.17) is 0 Å². The Morgan fingerprint density at radius 3 is 2.61 bits per heavy atom. The second-order valence-electron chi connectivity index (χ2n) is 14.0. The Labute approximate surface area is 315 Å². The topological polar surface area (TPSA) is 157 Å². The second kappa shape index (κ2) is 14.0. The Balaban J connectivity index is 0.956. The molecule has 2 unspecified atom stereocenters. The van der Waals surface area contributed by atoms with Crippen molar-refractivity contribution in [1.82, 2.24) is 43.7 Å². The summed E-state index contributed by atoms with van der Waals surface area (Å²) >= 11 is 0. The third kappa shape index (κ3) is 6.46. The molecule has 6 heterocycles. The first-order chi connectivity index (χ1) is 26.8. The van der Waals surface area contributed by atoms with Crippen LogP contribution in [0.2, 0.25) is 0 Å². The number of nitrogens with zero attached hydrogens (tertiary/aromatic N) is 9. The first-order valence-corrected chi connectivity index (χ1v) is 17.7. The zero-order valence-electron chi connectivity index (χ0n) is 30.1. The minimum Gasteiger partial charge on any atom is -0.364 e. The molecule has 19 heteroatoms. The van der Waals surface area contributed by atoms with E-state index >= 15 is 8.78 Å². The van der Waals surface area contributed by atoms with Crippen LogP contribution < -0.4 is 21.2 Å². The van der Waals surface area contributed by atoms with Gasteiger partial charge < -0.3 is 10.2 Å². The molecule has 3 amide bonds. The van der Waals surface area contributed by atoms with E-state index in [2.05, 4.69) is 25.8 Å². The molecule has 15 nitrogen and oxygen atoms in total. The number of imidazole rings is 1. The summed E-state index contributed by atoms with van der Waals surface area (Å²) in [4.78, 5) is 58.0. The third-order valence-electron chi connectivity index (χ3n) is 10.4. The molecule has 8 rings (SSSR count). The van der Waals surface area contributed by atoms with Crippen LogP contribution in [-0.4, -0.2) is 88.2 Å². The quantitative estimate of drug-likeness (QED) is 0.163. The van der Waals surface area contributed by atoms with Gasteiger partial charge in [-0.25, -0.2) is 36.5 Å². The molecular formula is C37H35F4N11O4. The Bertz CT molecular complexity index is 2560. The maximum Gasteiger partial charge on any atom is 0.329 e. The smallest absolute Gasteiger partial charge is 0.329 e. The molecule has 290 valence electrons. The van der Waals surface area contributed by atoms with Crippen LogP contribution in [-0.2, 0) is 23.2 Å². The van der Waals surface area contributed by atoms with Gasteiger partial charge >= 0.3 is 5.69 Å². The lowest BCUT2D eigenvalue weighted by molar-refractivity contribution is -0.135. The number of hydrogen-bond acceptors (Lipinski definition) is 9. The molecule has 2 aromatic carbocycles. The monoisotopic (exact) mass is 773 g/mol. The van der Waals surface area contributed by atoms with Gasteiger partial charge in [-0.15, -0.1) is 0 Å². The van der Waals surface area contributed by atoms with E-state index in [0.717, 1.165) is 0 Å². The number of rotatable bonds is 9. The average molecular weight is 774 g/mol. The number of aryl methyl sites for hydroxylation is 1. The van der Waals surface area contributed by atoms with Gasteiger partial charge in [-0.1, -0.05) is 18.2 Å². The number of nitrogens with one attached hydrogen (secondary N) is 2. The molecular weight excluding hydrogens is 738 g/mol. The van der Waals surface area contributed by atoms with Crippen LogP contribution >= 0.6 is 0 Å². The Morgan fingerprint density at radius 2 is 1.88 bits per heavy atom. The number of hydrogen-bond donors (Lipinski definition) is 2. The fraction of sp³-hybridized carbons (Fsp3) is 0.324. The number of halogens is 4. The lowest BCUT2D eigenvalue weighted by Gasteiger charge is -2.43.